The van der Waals surface area contributed by atoms with E-state index in [-0.39, 0.29) is 29.0 Å². The molecule has 30 heavy (non-hydrogen) atoms. The zero-order valence-electron chi connectivity index (χ0n) is 15.7. The molecular weight excluding hydrogens is 469 g/mol. The Kier molecular flexibility index (Phi) is 7.60. The number of hydrogen-bond donors (Lipinski definition) is 2. The first-order valence-corrected chi connectivity index (χ1v) is 10.8. The summed E-state index contributed by atoms with van der Waals surface area (Å²) in [6.07, 6.45) is -0.0152. The predicted molar refractivity (Wildman–Crippen MR) is 121 cm³/mol. The van der Waals surface area contributed by atoms with Gasteiger partial charge < -0.3 is 15.2 Å². The Morgan fingerprint density at radius 3 is 2.37 bits per heavy atom. The molecular formula is C19H16Cl3N5O2S. The van der Waals surface area contributed by atoms with Gasteiger partial charge in [0.2, 0.25) is 11.8 Å². The van der Waals surface area contributed by atoms with E-state index in [4.69, 9.17) is 34.8 Å². The fraction of sp³-hybridized carbons (Fsp3) is 0.158. The molecule has 0 aliphatic heterocycles. The highest BCUT2D eigenvalue weighted by Crippen LogP contribution is 2.29. The van der Waals surface area contributed by atoms with Crippen molar-refractivity contribution in [3.05, 3.63) is 63.4 Å². The molecule has 1 heterocycles. The van der Waals surface area contributed by atoms with Crippen molar-refractivity contribution in [2.75, 3.05) is 16.4 Å². The van der Waals surface area contributed by atoms with E-state index in [2.05, 4.69) is 20.8 Å². The van der Waals surface area contributed by atoms with Crippen molar-refractivity contribution in [3.63, 3.8) is 0 Å². The number of carbonyl (C=O) groups is 2. The molecule has 0 saturated carbocycles. The summed E-state index contributed by atoms with van der Waals surface area (Å²) >= 11 is 19.3. The van der Waals surface area contributed by atoms with Crippen LogP contribution in [0.1, 0.15) is 5.82 Å². The first kappa shape index (κ1) is 22.4. The van der Waals surface area contributed by atoms with Crippen molar-refractivity contribution >= 4 is 69.8 Å². The van der Waals surface area contributed by atoms with Crippen LogP contribution in [0.25, 0.3) is 0 Å². The normalized spacial score (nSPS) is 10.7. The molecule has 11 heteroatoms. The lowest BCUT2D eigenvalue weighted by Gasteiger charge is -2.08. The summed E-state index contributed by atoms with van der Waals surface area (Å²) in [4.78, 5) is 24.5. The topological polar surface area (TPSA) is 88.9 Å². The first-order valence-electron chi connectivity index (χ1n) is 8.64. The number of benzene rings is 2. The van der Waals surface area contributed by atoms with Crippen molar-refractivity contribution in [3.8, 4) is 0 Å². The summed E-state index contributed by atoms with van der Waals surface area (Å²) in [5, 5.41) is 15.1. The summed E-state index contributed by atoms with van der Waals surface area (Å²) in [7, 11) is 1.73. The van der Waals surface area contributed by atoms with Gasteiger partial charge in [0, 0.05) is 7.05 Å². The number of para-hydroxylation sites is 1. The van der Waals surface area contributed by atoms with E-state index in [1.807, 2.05) is 0 Å². The Bertz CT molecular complexity index is 1090. The number of carbonyl (C=O) groups excluding carboxylic acids is 2. The monoisotopic (exact) mass is 483 g/mol. The molecule has 0 spiro atoms. The zero-order valence-corrected chi connectivity index (χ0v) is 18.7. The molecule has 0 aliphatic carbocycles. The number of rotatable bonds is 7. The minimum Gasteiger partial charge on any atom is -0.324 e. The van der Waals surface area contributed by atoms with Gasteiger partial charge in [0.1, 0.15) is 5.82 Å². The van der Waals surface area contributed by atoms with Crippen LogP contribution in [0.5, 0.6) is 0 Å². The highest BCUT2D eigenvalue weighted by molar-refractivity contribution is 7.99. The summed E-state index contributed by atoms with van der Waals surface area (Å²) in [5.41, 5.74) is 0.960. The fourth-order valence-corrected chi connectivity index (χ4v) is 3.70. The van der Waals surface area contributed by atoms with Crippen LogP contribution in [0.15, 0.2) is 47.6 Å². The van der Waals surface area contributed by atoms with Gasteiger partial charge in [0.05, 0.1) is 38.6 Å². The molecule has 0 radical (unpaired) electrons. The molecule has 0 fully saturated rings. The van der Waals surface area contributed by atoms with Crippen molar-refractivity contribution in [2.45, 2.75) is 11.6 Å². The molecule has 3 aromatic rings. The number of nitrogens with zero attached hydrogens (tertiary/aromatic N) is 3. The summed E-state index contributed by atoms with van der Waals surface area (Å²) in [6, 6.07) is 12.0. The molecule has 2 aromatic carbocycles. The standard InChI is InChI=1S/C19H16Cl3N5O2S/c1-27-15(9-16(28)24-14-8-4-6-12(21)18(14)22)25-26-19(27)30-10-17(29)23-13-7-3-2-5-11(13)20/h2-8H,9-10H2,1H3,(H,23,29)(H,24,28). The van der Waals surface area contributed by atoms with Gasteiger partial charge in [-0.2, -0.15) is 0 Å². The van der Waals surface area contributed by atoms with Crippen LogP contribution in [0.4, 0.5) is 11.4 Å². The van der Waals surface area contributed by atoms with Gasteiger partial charge in [0.15, 0.2) is 5.16 Å². The molecule has 1 aromatic heterocycles. The van der Waals surface area contributed by atoms with Gasteiger partial charge in [-0.1, -0.05) is 64.8 Å². The second-order valence-electron chi connectivity index (χ2n) is 6.10. The van der Waals surface area contributed by atoms with E-state index in [9.17, 15) is 9.59 Å². The van der Waals surface area contributed by atoms with Crippen LogP contribution >= 0.6 is 46.6 Å². The van der Waals surface area contributed by atoms with E-state index >= 15 is 0 Å². The quantitative estimate of drug-likeness (QED) is 0.475. The SMILES string of the molecule is Cn1c(CC(=O)Nc2cccc(Cl)c2Cl)nnc1SCC(=O)Nc1ccccc1Cl. The van der Waals surface area contributed by atoms with Crippen LogP contribution in [-0.4, -0.2) is 32.3 Å². The summed E-state index contributed by atoms with van der Waals surface area (Å²) < 4.78 is 1.66. The number of aromatic nitrogens is 3. The minimum atomic E-state index is -0.317. The van der Waals surface area contributed by atoms with Crippen LogP contribution in [0.2, 0.25) is 15.1 Å². The van der Waals surface area contributed by atoms with Crippen molar-refractivity contribution in [1.29, 1.82) is 0 Å². The molecule has 0 unspecified atom stereocenters. The molecule has 156 valence electrons. The largest absolute Gasteiger partial charge is 0.324 e. The van der Waals surface area contributed by atoms with E-state index in [0.29, 0.717) is 32.4 Å². The zero-order chi connectivity index (χ0) is 21.7. The lowest BCUT2D eigenvalue weighted by Crippen LogP contribution is -2.17. The van der Waals surface area contributed by atoms with Gasteiger partial charge in [-0.25, -0.2) is 0 Å². The molecule has 7 nitrogen and oxygen atoms in total. The molecule has 2 N–H and O–H groups in total. The maximum absolute atomic E-state index is 12.3. The average molecular weight is 485 g/mol. The minimum absolute atomic E-state index is 0.0152. The van der Waals surface area contributed by atoms with Crippen LogP contribution in [-0.2, 0) is 23.1 Å². The third kappa shape index (κ3) is 5.66. The Morgan fingerprint density at radius 2 is 1.60 bits per heavy atom. The van der Waals surface area contributed by atoms with Gasteiger partial charge >= 0.3 is 0 Å². The van der Waals surface area contributed by atoms with Crippen LogP contribution < -0.4 is 10.6 Å². The number of hydrogen-bond acceptors (Lipinski definition) is 5. The van der Waals surface area contributed by atoms with Gasteiger partial charge in [-0.15, -0.1) is 10.2 Å². The predicted octanol–water partition coefficient (Wildman–Crippen LogP) is 4.69. The molecule has 0 bridgehead atoms. The van der Waals surface area contributed by atoms with E-state index < -0.39 is 0 Å². The second kappa shape index (κ2) is 10.2. The Labute approximate surface area is 192 Å². The van der Waals surface area contributed by atoms with Crippen molar-refractivity contribution in [1.82, 2.24) is 14.8 Å². The van der Waals surface area contributed by atoms with Crippen molar-refractivity contribution < 1.29 is 9.59 Å². The van der Waals surface area contributed by atoms with E-state index in [0.717, 1.165) is 0 Å². The number of amides is 2. The highest BCUT2D eigenvalue weighted by atomic mass is 35.5. The maximum atomic E-state index is 12.3. The smallest absolute Gasteiger partial charge is 0.234 e. The first-order chi connectivity index (χ1) is 14.3. The highest BCUT2D eigenvalue weighted by Gasteiger charge is 2.16. The molecule has 0 saturated heterocycles. The molecule has 2 amide bonds. The second-order valence-corrected chi connectivity index (χ2v) is 8.24. The number of halogens is 3. The van der Waals surface area contributed by atoms with Crippen LogP contribution in [0.3, 0.4) is 0 Å². The molecule has 0 aliphatic rings. The van der Waals surface area contributed by atoms with Gasteiger partial charge in [-0.05, 0) is 24.3 Å². The number of anilines is 2. The van der Waals surface area contributed by atoms with E-state index in [1.165, 1.54) is 11.8 Å². The third-order valence-corrected chi connectivity index (χ3v) is 6.12. The Balaban J connectivity index is 1.56. The van der Waals surface area contributed by atoms with Crippen LogP contribution in [0, 0.1) is 0 Å². The Morgan fingerprint density at radius 1 is 0.933 bits per heavy atom. The maximum Gasteiger partial charge on any atom is 0.234 e. The van der Waals surface area contributed by atoms with E-state index in [1.54, 1.807) is 54.1 Å². The fourth-order valence-electron chi connectivity index (χ4n) is 2.44. The molecule has 0 atom stereocenters. The number of nitrogens with one attached hydrogen (secondary N) is 2. The Hall–Kier alpha value is -2.26. The number of thioether (sulfide) groups is 1. The summed E-state index contributed by atoms with van der Waals surface area (Å²) in [6.45, 7) is 0. The third-order valence-electron chi connectivity index (χ3n) is 3.95. The summed E-state index contributed by atoms with van der Waals surface area (Å²) in [5.74, 6) is 0.00922. The lowest BCUT2D eigenvalue weighted by molar-refractivity contribution is -0.116. The lowest BCUT2D eigenvalue weighted by atomic mass is 10.3. The average Bonchev–Trinajstić information content (AvgIpc) is 3.05. The van der Waals surface area contributed by atoms with Gasteiger partial charge in [-0.3, -0.25) is 9.59 Å². The molecule has 3 rings (SSSR count). The van der Waals surface area contributed by atoms with Gasteiger partial charge in [0.25, 0.3) is 0 Å². The van der Waals surface area contributed by atoms with Crippen molar-refractivity contribution in [2.24, 2.45) is 7.05 Å².